The fourth-order valence-electron chi connectivity index (χ4n) is 6.18. The van der Waals surface area contributed by atoms with Gasteiger partial charge in [-0.25, -0.2) is 9.59 Å². The van der Waals surface area contributed by atoms with Crippen molar-refractivity contribution in [1.82, 2.24) is 14.8 Å². The van der Waals surface area contributed by atoms with Crippen LogP contribution in [0.5, 0.6) is 17.2 Å². The minimum atomic E-state index is -3.10. The van der Waals surface area contributed by atoms with Gasteiger partial charge in [0.15, 0.2) is 11.5 Å². The lowest BCUT2D eigenvalue weighted by molar-refractivity contribution is -0.139. The van der Waals surface area contributed by atoms with Gasteiger partial charge in [0.25, 0.3) is 0 Å². The lowest BCUT2D eigenvalue weighted by Gasteiger charge is -2.44. The van der Waals surface area contributed by atoms with E-state index in [4.69, 9.17) is 46.9 Å². The molecule has 308 valence electrons. The average molecular weight is 836 g/mol. The molecule has 3 amide bonds. The molecule has 0 bridgehead atoms. The summed E-state index contributed by atoms with van der Waals surface area (Å²) in [5.74, 6) is -1.57. The minimum Gasteiger partial charge on any atom is -0.495 e. The fraction of sp³-hybridized carbons (Fsp3) is 0.475. The number of anilines is 1. The number of amides is 3. The molecule has 57 heavy (non-hydrogen) atoms. The van der Waals surface area contributed by atoms with Gasteiger partial charge in [0, 0.05) is 44.0 Å². The van der Waals surface area contributed by atoms with Crippen LogP contribution in [0.2, 0.25) is 10.0 Å². The Morgan fingerprint density at radius 3 is 2.21 bits per heavy atom. The van der Waals surface area contributed by atoms with Crippen LogP contribution < -0.4 is 19.5 Å². The Hall–Kier alpha value is -4.89. The molecular formula is C40H46Cl2F2N4O9. The zero-order valence-corrected chi connectivity index (χ0v) is 34.0. The Kier molecular flexibility index (Phi) is 14.1. The molecule has 1 aromatic heterocycles. The van der Waals surface area contributed by atoms with E-state index in [0.29, 0.717) is 23.7 Å². The molecule has 1 saturated carbocycles. The zero-order chi connectivity index (χ0) is 41.6. The number of pyridine rings is 1. The van der Waals surface area contributed by atoms with E-state index >= 15 is 0 Å². The molecule has 2 aliphatic rings. The van der Waals surface area contributed by atoms with Crippen molar-refractivity contribution in [3.05, 3.63) is 75.5 Å². The number of hydrogen-bond donors (Lipinski definition) is 1. The molecule has 0 spiro atoms. The molecule has 0 radical (unpaired) electrons. The number of aromatic nitrogens is 1. The van der Waals surface area contributed by atoms with E-state index in [1.165, 1.54) is 55.9 Å². The molecule has 2 fully saturated rings. The summed E-state index contributed by atoms with van der Waals surface area (Å²) in [5, 5.41) is 3.09. The highest BCUT2D eigenvalue weighted by atomic mass is 35.5. The number of ether oxygens (including phenoxy) is 5. The van der Waals surface area contributed by atoms with Crippen molar-refractivity contribution in [2.45, 2.75) is 90.7 Å². The Balaban J connectivity index is 1.33. The molecule has 2 aromatic carbocycles. The smallest absolute Gasteiger partial charge is 0.410 e. The van der Waals surface area contributed by atoms with Crippen LogP contribution in [-0.2, 0) is 25.5 Å². The predicted octanol–water partition coefficient (Wildman–Crippen LogP) is 8.11. The van der Waals surface area contributed by atoms with Crippen LogP contribution in [0, 0.1) is 5.92 Å². The van der Waals surface area contributed by atoms with Crippen molar-refractivity contribution in [1.29, 1.82) is 0 Å². The van der Waals surface area contributed by atoms with Crippen LogP contribution >= 0.6 is 23.2 Å². The maximum atomic E-state index is 13.8. The summed E-state index contributed by atoms with van der Waals surface area (Å²) in [7, 11) is 1.38. The fourth-order valence-corrected chi connectivity index (χ4v) is 6.70. The summed E-state index contributed by atoms with van der Waals surface area (Å²) in [6.45, 7) is 6.54. The number of methoxy groups -OCH3 is 1. The van der Waals surface area contributed by atoms with Crippen molar-refractivity contribution in [2.24, 2.45) is 5.92 Å². The van der Waals surface area contributed by atoms with Crippen LogP contribution in [0.1, 0.15) is 81.5 Å². The summed E-state index contributed by atoms with van der Waals surface area (Å²) in [4.78, 5) is 60.3. The third kappa shape index (κ3) is 11.8. The molecule has 17 heteroatoms. The molecule has 2 heterocycles. The summed E-state index contributed by atoms with van der Waals surface area (Å²) in [6, 6.07) is 7.75. The van der Waals surface area contributed by atoms with Gasteiger partial charge >= 0.3 is 18.7 Å². The second kappa shape index (κ2) is 18.6. The molecule has 0 unspecified atom stereocenters. The van der Waals surface area contributed by atoms with Gasteiger partial charge in [0.1, 0.15) is 23.9 Å². The molecule has 13 nitrogen and oxygen atoms in total. The Morgan fingerprint density at radius 2 is 1.58 bits per heavy atom. The SMILES string of the molecule is COc1ccc(C(=O)O[C@@H](Cc2c(Cl)cncc2Cl)c2ccc(OC(F)F)c(OCC3CC3)c2)cc1NC(=O)CC(=O)N1C[C@@H](C)N(C(=O)OC(C)(C)C)C[C@@H]1C. The minimum absolute atomic E-state index is 0.0120. The molecule has 1 aliphatic carbocycles. The first-order valence-electron chi connectivity index (χ1n) is 18.4. The molecule has 1 saturated heterocycles. The third-order valence-corrected chi connectivity index (χ3v) is 9.93. The second-order valence-electron chi connectivity index (χ2n) is 15.0. The first-order chi connectivity index (χ1) is 26.9. The number of carbonyl (C=O) groups is 4. The van der Waals surface area contributed by atoms with E-state index in [9.17, 15) is 28.0 Å². The van der Waals surface area contributed by atoms with Crippen molar-refractivity contribution in [3.63, 3.8) is 0 Å². The van der Waals surface area contributed by atoms with Gasteiger partial charge < -0.3 is 38.8 Å². The standard InChI is InChI=1S/C40H46Cl2F2N4O9/c1-22-20-48(39(52)57-40(3,4)5)23(2)19-47(22)36(50)16-35(49)46-30-13-26(10-11-31(30)53-6)37(51)55-33(15-27-28(41)17-45-18-29(27)42)25-9-12-32(56-38(43)44)34(14-25)54-21-24-7-8-24/h9-14,17-18,22-24,33,38H,7-8,15-16,19-21H2,1-6H3,(H,46,49)/t22-,23+,33-/m0/s1. The normalized spacial score (nSPS) is 17.5. The summed E-state index contributed by atoms with van der Waals surface area (Å²) < 4.78 is 54.1. The summed E-state index contributed by atoms with van der Waals surface area (Å²) in [6.07, 6.45) is 2.58. The lowest BCUT2D eigenvalue weighted by Crippen LogP contribution is -2.60. The Morgan fingerprint density at radius 1 is 0.930 bits per heavy atom. The second-order valence-corrected chi connectivity index (χ2v) is 15.9. The number of benzene rings is 2. The van der Waals surface area contributed by atoms with E-state index < -0.39 is 48.6 Å². The number of halogens is 4. The molecule has 1 aliphatic heterocycles. The first-order valence-corrected chi connectivity index (χ1v) is 19.1. The van der Waals surface area contributed by atoms with Gasteiger partial charge in [0.2, 0.25) is 11.8 Å². The highest BCUT2D eigenvalue weighted by Crippen LogP contribution is 2.38. The number of rotatable bonds is 14. The van der Waals surface area contributed by atoms with Gasteiger partial charge in [-0.1, -0.05) is 29.3 Å². The molecule has 5 rings (SSSR count). The van der Waals surface area contributed by atoms with Crippen molar-refractivity contribution in [2.75, 3.05) is 32.1 Å². The van der Waals surface area contributed by atoms with Crippen molar-refractivity contribution >= 4 is 52.8 Å². The molecular weight excluding hydrogens is 789 g/mol. The van der Waals surface area contributed by atoms with Crippen molar-refractivity contribution < 1.29 is 51.6 Å². The largest absolute Gasteiger partial charge is 0.495 e. The Labute approximate surface area is 339 Å². The molecule has 3 atom stereocenters. The first kappa shape index (κ1) is 43.2. The summed E-state index contributed by atoms with van der Waals surface area (Å²) in [5.41, 5.74) is 0.221. The van der Waals surface area contributed by atoms with Gasteiger partial charge in [-0.15, -0.1) is 0 Å². The monoisotopic (exact) mass is 834 g/mol. The molecule has 3 aromatic rings. The molecule has 1 N–H and O–H groups in total. The number of nitrogens with zero attached hydrogens (tertiary/aromatic N) is 3. The number of carbonyl (C=O) groups excluding carboxylic acids is 4. The van der Waals surface area contributed by atoms with E-state index in [1.807, 2.05) is 0 Å². The average Bonchev–Trinajstić information content (AvgIpc) is 3.96. The quantitative estimate of drug-likeness (QED) is 0.125. The summed E-state index contributed by atoms with van der Waals surface area (Å²) >= 11 is 12.9. The Bertz CT molecular complexity index is 1940. The van der Waals surface area contributed by atoms with Gasteiger partial charge in [0.05, 0.1) is 35.0 Å². The number of hydrogen-bond acceptors (Lipinski definition) is 10. The van der Waals surface area contributed by atoms with Crippen LogP contribution in [0.3, 0.4) is 0 Å². The van der Waals surface area contributed by atoms with Crippen LogP contribution in [0.4, 0.5) is 19.3 Å². The predicted molar refractivity (Wildman–Crippen MR) is 207 cm³/mol. The number of esters is 1. The zero-order valence-electron chi connectivity index (χ0n) is 32.5. The maximum Gasteiger partial charge on any atom is 0.410 e. The highest BCUT2D eigenvalue weighted by Gasteiger charge is 2.37. The van der Waals surface area contributed by atoms with E-state index in [0.717, 1.165) is 12.8 Å². The van der Waals surface area contributed by atoms with Crippen LogP contribution in [0.25, 0.3) is 0 Å². The van der Waals surface area contributed by atoms with Crippen molar-refractivity contribution in [3.8, 4) is 17.2 Å². The third-order valence-electron chi connectivity index (χ3n) is 9.27. The van der Waals surface area contributed by atoms with E-state index in [-0.39, 0.29) is 70.1 Å². The van der Waals surface area contributed by atoms with Gasteiger partial charge in [-0.3, -0.25) is 14.6 Å². The highest BCUT2D eigenvalue weighted by molar-refractivity contribution is 6.35. The van der Waals surface area contributed by atoms with Gasteiger partial charge in [-0.05, 0) is 94.8 Å². The number of nitrogens with one attached hydrogen (secondary N) is 1. The van der Waals surface area contributed by atoms with Gasteiger partial charge in [-0.2, -0.15) is 8.78 Å². The maximum absolute atomic E-state index is 13.8. The van der Waals surface area contributed by atoms with E-state index in [2.05, 4.69) is 10.3 Å². The number of piperazine rings is 1. The van der Waals surface area contributed by atoms with Crippen LogP contribution in [-0.4, -0.2) is 89.8 Å². The van der Waals surface area contributed by atoms with E-state index in [1.54, 1.807) is 44.4 Å². The number of alkyl halides is 2. The lowest BCUT2D eigenvalue weighted by atomic mass is 10.0. The van der Waals surface area contributed by atoms with Crippen LogP contribution in [0.15, 0.2) is 48.8 Å². The topological polar surface area (TPSA) is 146 Å².